The van der Waals surface area contributed by atoms with Crippen LogP contribution in [0.3, 0.4) is 0 Å². The predicted octanol–water partition coefficient (Wildman–Crippen LogP) is 1.55. The molecular weight excluding hydrogens is 309 g/mol. The molecule has 0 saturated carbocycles. The van der Waals surface area contributed by atoms with E-state index in [0.29, 0.717) is 32.5 Å². The van der Waals surface area contributed by atoms with Crippen LogP contribution >= 0.6 is 0 Å². The summed E-state index contributed by atoms with van der Waals surface area (Å²) in [5.74, 6) is -0.588. The Bertz CT molecular complexity index is 574. The van der Waals surface area contributed by atoms with Crippen LogP contribution in [0.5, 0.6) is 0 Å². The van der Waals surface area contributed by atoms with Crippen LogP contribution in [-0.2, 0) is 16.0 Å². The van der Waals surface area contributed by atoms with Crippen LogP contribution in [0, 0.1) is 5.82 Å². The fourth-order valence-corrected chi connectivity index (χ4v) is 3.15. The minimum Gasteiger partial charge on any atom is -0.368 e. The maximum Gasteiger partial charge on any atom is 0.236 e. The number of carbonyl (C=O) groups is 2. The van der Waals surface area contributed by atoms with Crippen molar-refractivity contribution < 1.29 is 14.0 Å². The van der Waals surface area contributed by atoms with Crippen LogP contribution < -0.4 is 5.73 Å². The van der Waals surface area contributed by atoms with Gasteiger partial charge >= 0.3 is 0 Å². The number of rotatable bonds is 6. The lowest BCUT2D eigenvalue weighted by Crippen LogP contribution is -2.61. The number of hydrogen-bond acceptors (Lipinski definition) is 3. The highest BCUT2D eigenvalue weighted by molar-refractivity contribution is 5.82. The van der Waals surface area contributed by atoms with Crippen molar-refractivity contribution in [2.45, 2.75) is 45.2 Å². The van der Waals surface area contributed by atoms with E-state index in [1.165, 1.54) is 12.1 Å². The molecule has 1 aliphatic rings. The second-order valence-electron chi connectivity index (χ2n) is 6.57. The highest BCUT2D eigenvalue weighted by Gasteiger charge is 2.33. The molecule has 1 fully saturated rings. The summed E-state index contributed by atoms with van der Waals surface area (Å²) in [4.78, 5) is 27.8. The highest BCUT2D eigenvalue weighted by Crippen LogP contribution is 2.15. The lowest BCUT2D eigenvalue weighted by atomic mass is 10.1. The number of benzene rings is 1. The van der Waals surface area contributed by atoms with Crippen molar-refractivity contribution in [1.29, 1.82) is 0 Å². The molecular formula is C18H26FN3O2. The summed E-state index contributed by atoms with van der Waals surface area (Å²) in [7, 11) is 0. The Morgan fingerprint density at radius 2 is 1.92 bits per heavy atom. The zero-order valence-electron chi connectivity index (χ0n) is 14.4. The first kappa shape index (κ1) is 18.4. The van der Waals surface area contributed by atoms with E-state index in [2.05, 4.69) is 0 Å². The van der Waals surface area contributed by atoms with Crippen LogP contribution in [0.1, 0.15) is 32.3 Å². The summed E-state index contributed by atoms with van der Waals surface area (Å²) < 4.78 is 12.9. The number of amides is 2. The van der Waals surface area contributed by atoms with E-state index < -0.39 is 6.04 Å². The van der Waals surface area contributed by atoms with E-state index in [-0.39, 0.29) is 23.7 Å². The zero-order chi connectivity index (χ0) is 17.7. The summed E-state index contributed by atoms with van der Waals surface area (Å²) in [6.07, 6.45) is 1.86. The third-order valence-corrected chi connectivity index (χ3v) is 4.54. The van der Waals surface area contributed by atoms with Gasteiger partial charge in [-0.3, -0.25) is 14.5 Å². The molecule has 0 aromatic heterocycles. The molecule has 0 radical (unpaired) electrons. The second kappa shape index (κ2) is 8.24. The van der Waals surface area contributed by atoms with Gasteiger partial charge in [0.2, 0.25) is 11.8 Å². The Morgan fingerprint density at radius 3 is 2.50 bits per heavy atom. The molecule has 132 valence electrons. The van der Waals surface area contributed by atoms with Gasteiger partial charge < -0.3 is 10.6 Å². The van der Waals surface area contributed by atoms with Gasteiger partial charge in [-0.1, -0.05) is 12.1 Å². The zero-order valence-corrected chi connectivity index (χ0v) is 14.4. The lowest BCUT2D eigenvalue weighted by molar-refractivity contribution is -0.138. The molecule has 6 heteroatoms. The van der Waals surface area contributed by atoms with E-state index in [4.69, 9.17) is 5.73 Å². The molecule has 0 spiro atoms. The first-order chi connectivity index (χ1) is 11.4. The average Bonchev–Trinajstić information content (AvgIpc) is 2.55. The Labute approximate surface area is 142 Å². The maximum atomic E-state index is 12.9. The molecule has 2 N–H and O–H groups in total. The summed E-state index contributed by atoms with van der Waals surface area (Å²) in [5.41, 5.74) is 6.51. The lowest BCUT2D eigenvalue weighted by Gasteiger charge is -2.42. The van der Waals surface area contributed by atoms with Gasteiger partial charge in [0, 0.05) is 32.1 Å². The molecule has 1 saturated heterocycles. The number of piperazine rings is 1. The maximum absolute atomic E-state index is 12.9. The van der Waals surface area contributed by atoms with Gasteiger partial charge in [0.05, 0.1) is 0 Å². The number of nitrogens with two attached hydrogens (primary N) is 1. The molecule has 2 rings (SSSR count). The van der Waals surface area contributed by atoms with Gasteiger partial charge in [0.25, 0.3) is 0 Å². The van der Waals surface area contributed by atoms with Gasteiger partial charge in [-0.25, -0.2) is 4.39 Å². The number of hydrogen-bond donors (Lipinski definition) is 1. The van der Waals surface area contributed by atoms with E-state index in [0.717, 1.165) is 12.0 Å². The average molecular weight is 335 g/mol. The fraction of sp³-hybridized carbons (Fsp3) is 0.556. The molecule has 2 amide bonds. The first-order valence-corrected chi connectivity index (χ1v) is 8.45. The standard InChI is InChI=1S/C18H26FN3O2/c1-13(2)22-11-10-21(12-16(22)18(20)24)17(23)5-3-4-14-6-8-15(19)9-7-14/h6-9,13,16H,3-5,10-12H2,1-2H3,(H2,20,24)/t16-/m0/s1. The summed E-state index contributed by atoms with van der Waals surface area (Å²) >= 11 is 0. The smallest absolute Gasteiger partial charge is 0.236 e. The van der Waals surface area contributed by atoms with Gasteiger partial charge in [0.15, 0.2) is 0 Å². The Kier molecular flexibility index (Phi) is 6.31. The quantitative estimate of drug-likeness (QED) is 0.858. The van der Waals surface area contributed by atoms with E-state index in [1.807, 2.05) is 18.7 Å². The van der Waals surface area contributed by atoms with E-state index >= 15 is 0 Å². The fourth-order valence-electron chi connectivity index (χ4n) is 3.15. The van der Waals surface area contributed by atoms with Crippen LogP contribution in [0.25, 0.3) is 0 Å². The third kappa shape index (κ3) is 4.77. The molecule has 1 aromatic rings. The van der Waals surface area contributed by atoms with Crippen LogP contribution in [0.2, 0.25) is 0 Å². The van der Waals surface area contributed by atoms with Gasteiger partial charge in [0.1, 0.15) is 11.9 Å². The normalized spacial score (nSPS) is 18.8. The third-order valence-electron chi connectivity index (χ3n) is 4.54. The molecule has 24 heavy (non-hydrogen) atoms. The van der Waals surface area contributed by atoms with Crippen molar-refractivity contribution in [2.75, 3.05) is 19.6 Å². The van der Waals surface area contributed by atoms with Crippen molar-refractivity contribution in [3.63, 3.8) is 0 Å². The van der Waals surface area contributed by atoms with E-state index in [9.17, 15) is 14.0 Å². The Balaban J connectivity index is 1.84. The van der Waals surface area contributed by atoms with Crippen LogP contribution in [0.15, 0.2) is 24.3 Å². The molecule has 5 nitrogen and oxygen atoms in total. The topological polar surface area (TPSA) is 66.6 Å². The molecule has 1 atom stereocenters. The SMILES string of the molecule is CC(C)N1CCN(C(=O)CCCc2ccc(F)cc2)C[C@H]1C(N)=O. The minimum atomic E-state index is -0.417. The van der Waals surface area contributed by atoms with Gasteiger partial charge in [-0.15, -0.1) is 0 Å². The van der Waals surface area contributed by atoms with Crippen LogP contribution in [0.4, 0.5) is 4.39 Å². The highest BCUT2D eigenvalue weighted by atomic mass is 19.1. The number of primary amides is 1. The minimum absolute atomic E-state index is 0.0479. The Hall–Kier alpha value is -1.95. The number of halogens is 1. The monoisotopic (exact) mass is 335 g/mol. The molecule has 0 bridgehead atoms. The summed E-state index contributed by atoms with van der Waals surface area (Å²) in [5, 5.41) is 0. The number of aryl methyl sites for hydroxylation is 1. The van der Waals surface area contributed by atoms with Gasteiger partial charge in [-0.05, 0) is 44.4 Å². The molecule has 1 aromatic carbocycles. The Morgan fingerprint density at radius 1 is 1.25 bits per heavy atom. The van der Waals surface area contributed by atoms with E-state index in [1.54, 1.807) is 17.0 Å². The molecule has 0 unspecified atom stereocenters. The van der Waals surface area contributed by atoms with Crippen molar-refractivity contribution in [3.8, 4) is 0 Å². The molecule has 1 heterocycles. The van der Waals surface area contributed by atoms with Gasteiger partial charge in [-0.2, -0.15) is 0 Å². The predicted molar refractivity (Wildman–Crippen MR) is 90.7 cm³/mol. The van der Waals surface area contributed by atoms with Crippen LogP contribution in [-0.4, -0.2) is 53.3 Å². The van der Waals surface area contributed by atoms with Crippen molar-refractivity contribution in [1.82, 2.24) is 9.80 Å². The molecule has 1 aliphatic heterocycles. The first-order valence-electron chi connectivity index (χ1n) is 8.45. The summed E-state index contributed by atoms with van der Waals surface area (Å²) in [6.45, 7) is 5.70. The summed E-state index contributed by atoms with van der Waals surface area (Å²) in [6, 6.07) is 6.15. The number of carbonyl (C=O) groups excluding carboxylic acids is 2. The largest absolute Gasteiger partial charge is 0.368 e. The van der Waals surface area contributed by atoms with Crippen molar-refractivity contribution >= 4 is 11.8 Å². The number of nitrogens with zero attached hydrogens (tertiary/aromatic N) is 2. The van der Waals surface area contributed by atoms with Crippen molar-refractivity contribution in [2.24, 2.45) is 5.73 Å². The molecule has 0 aliphatic carbocycles. The second-order valence-corrected chi connectivity index (χ2v) is 6.57. The van der Waals surface area contributed by atoms with Crippen molar-refractivity contribution in [3.05, 3.63) is 35.6 Å².